The predicted octanol–water partition coefficient (Wildman–Crippen LogP) is 3.13. The van der Waals surface area contributed by atoms with Crippen molar-refractivity contribution in [3.05, 3.63) is 17.9 Å². The van der Waals surface area contributed by atoms with Crippen LogP contribution in [0, 0.1) is 0 Å². The molecule has 0 fully saturated rings. The summed E-state index contributed by atoms with van der Waals surface area (Å²) in [6.45, 7) is 7.91. The largest absolute Gasteiger partial charge is 0.465 e. The van der Waals surface area contributed by atoms with Gasteiger partial charge in [-0.1, -0.05) is 13.3 Å². The van der Waals surface area contributed by atoms with Crippen LogP contribution in [-0.2, 0) is 0 Å². The molecule has 0 aliphatic carbocycles. The van der Waals surface area contributed by atoms with E-state index in [4.69, 9.17) is 9.15 Å². The molecule has 0 radical (unpaired) electrons. The molecule has 15 heavy (non-hydrogen) atoms. The lowest BCUT2D eigenvalue weighted by Crippen LogP contribution is -2.19. The Morgan fingerprint density at radius 2 is 2.20 bits per heavy atom. The molecule has 86 valence electrons. The maximum atomic E-state index is 5.53. The number of rotatable bonds is 7. The Bertz CT molecular complexity index is 270. The van der Waals surface area contributed by atoms with Crippen LogP contribution in [0.4, 0.5) is 0 Å². The fraction of sp³-hybridized carbons (Fsp3) is 0.667. The average molecular weight is 211 g/mol. The number of hydrogen-bond donors (Lipinski definition) is 1. The minimum atomic E-state index is 0.255. The van der Waals surface area contributed by atoms with Crippen LogP contribution in [0.3, 0.4) is 0 Å². The van der Waals surface area contributed by atoms with Gasteiger partial charge in [-0.15, -0.1) is 0 Å². The van der Waals surface area contributed by atoms with Gasteiger partial charge >= 0.3 is 0 Å². The van der Waals surface area contributed by atoms with Gasteiger partial charge in [-0.05, 0) is 32.9 Å². The number of hydrogen-bond acceptors (Lipinski definition) is 3. The molecule has 1 heterocycles. The van der Waals surface area contributed by atoms with Gasteiger partial charge in [0.25, 0.3) is 5.95 Å². The lowest BCUT2D eigenvalue weighted by Gasteiger charge is -2.10. The highest BCUT2D eigenvalue weighted by Crippen LogP contribution is 2.21. The first-order valence-corrected chi connectivity index (χ1v) is 5.73. The van der Waals surface area contributed by atoms with Gasteiger partial charge in [-0.25, -0.2) is 0 Å². The zero-order valence-electron chi connectivity index (χ0n) is 9.88. The van der Waals surface area contributed by atoms with Crippen LogP contribution >= 0.6 is 0 Å². The van der Waals surface area contributed by atoms with Gasteiger partial charge in [-0.2, -0.15) is 0 Å². The Morgan fingerprint density at radius 3 is 2.87 bits per heavy atom. The van der Waals surface area contributed by atoms with Crippen molar-refractivity contribution in [3.8, 4) is 5.95 Å². The van der Waals surface area contributed by atoms with Gasteiger partial charge in [0.1, 0.15) is 5.76 Å². The van der Waals surface area contributed by atoms with Crippen molar-refractivity contribution < 1.29 is 9.15 Å². The van der Waals surface area contributed by atoms with Gasteiger partial charge in [0.2, 0.25) is 0 Å². The number of unbranched alkanes of at least 4 members (excludes halogenated alkanes) is 1. The first kappa shape index (κ1) is 12.1. The van der Waals surface area contributed by atoms with Crippen LogP contribution < -0.4 is 10.1 Å². The maximum absolute atomic E-state index is 5.53. The van der Waals surface area contributed by atoms with E-state index >= 15 is 0 Å². The van der Waals surface area contributed by atoms with Crippen molar-refractivity contribution in [2.24, 2.45) is 0 Å². The Balaban J connectivity index is 2.39. The minimum Gasteiger partial charge on any atom is -0.465 e. The summed E-state index contributed by atoms with van der Waals surface area (Å²) in [6, 6.07) is 4.09. The Labute approximate surface area is 91.8 Å². The second-order valence-corrected chi connectivity index (χ2v) is 3.62. The molecule has 1 aromatic rings. The van der Waals surface area contributed by atoms with Crippen molar-refractivity contribution in [2.75, 3.05) is 13.2 Å². The molecule has 3 nitrogen and oxygen atoms in total. The first-order valence-electron chi connectivity index (χ1n) is 5.73. The molecular weight excluding hydrogens is 190 g/mol. The van der Waals surface area contributed by atoms with E-state index in [1.54, 1.807) is 0 Å². The molecule has 1 unspecified atom stereocenters. The summed E-state index contributed by atoms with van der Waals surface area (Å²) in [5.41, 5.74) is 0. The van der Waals surface area contributed by atoms with Crippen LogP contribution in [0.1, 0.15) is 45.4 Å². The summed E-state index contributed by atoms with van der Waals surface area (Å²) in [6.07, 6.45) is 2.41. The molecule has 0 saturated heterocycles. The molecule has 1 atom stereocenters. The summed E-state index contributed by atoms with van der Waals surface area (Å²) in [5, 5.41) is 3.41. The second-order valence-electron chi connectivity index (χ2n) is 3.62. The molecule has 0 aliphatic rings. The zero-order chi connectivity index (χ0) is 11.1. The molecule has 0 bridgehead atoms. The average Bonchev–Trinajstić information content (AvgIpc) is 2.67. The summed E-state index contributed by atoms with van der Waals surface area (Å²) in [4.78, 5) is 0. The topological polar surface area (TPSA) is 34.4 Å². The molecular formula is C12H21NO2. The van der Waals surface area contributed by atoms with Crippen molar-refractivity contribution in [2.45, 2.75) is 39.7 Å². The minimum absolute atomic E-state index is 0.255. The van der Waals surface area contributed by atoms with E-state index < -0.39 is 0 Å². The van der Waals surface area contributed by atoms with Crippen LogP contribution in [0.25, 0.3) is 0 Å². The number of nitrogens with one attached hydrogen (secondary N) is 1. The highest BCUT2D eigenvalue weighted by Gasteiger charge is 2.09. The van der Waals surface area contributed by atoms with Gasteiger partial charge in [-0.3, -0.25) is 0 Å². The van der Waals surface area contributed by atoms with E-state index in [0.717, 1.165) is 12.3 Å². The molecule has 0 spiro atoms. The molecule has 0 amide bonds. The van der Waals surface area contributed by atoms with Crippen molar-refractivity contribution >= 4 is 0 Å². The number of furan rings is 1. The van der Waals surface area contributed by atoms with Crippen LogP contribution in [0.15, 0.2) is 16.5 Å². The van der Waals surface area contributed by atoms with E-state index in [-0.39, 0.29) is 6.04 Å². The summed E-state index contributed by atoms with van der Waals surface area (Å²) < 4.78 is 10.8. The van der Waals surface area contributed by atoms with E-state index in [9.17, 15) is 0 Å². The third-order valence-electron chi connectivity index (χ3n) is 2.30. The first-order chi connectivity index (χ1) is 7.27. The Hall–Kier alpha value is -0.960. The predicted molar refractivity (Wildman–Crippen MR) is 61.2 cm³/mol. The zero-order valence-corrected chi connectivity index (χ0v) is 9.88. The third-order valence-corrected chi connectivity index (χ3v) is 2.30. The van der Waals surface area contributed by atoms with Crippen molar-refractivity contribution in [3.63, 3.8) is 0 Å². The quantitative estimate of drug-likeness (QED) is 0.704. The summed E-state index contributed by atoms with van der Waals surface area (Å²) in [7, 11) is 0. The molecule has 0 aliphatic heterocycles. The Morgan fingerprint density at radius 1 is 1.40 bits per heavy atom. The summed E-state index contributed by atoms with van der Waals surface area (Å²) >= 11 is 0. The molecule has 1 N–H and O–H groups in total. The van der Waals surface area contributed by atoms with E-state index in [0.29, 0.717) is 12.6 Å². The smallest absolute Gasteiger partial charge is 0.284 e. The van der Waals surface area contributed by atoms with E-state index in [1.165, 1.54) is 12.8 Å². The van der Waals surface area contributed by atoms with Crippen LogP contribution in [0.5, 0.6) is 5.95 Å². The fourth-order valence-electron chi connectivity index (χ4n) is 1.38. The molecule has 0 saturated carbocycles. The van der Waals surface area contributed by atoms with Crippen molar-refractivity contribution in [1.29, 1.82) is 0 Å². The van der Waals surface area contributed by atoms with Crippen molar-refractivity contribution in [1.82, 2.24) is 5.32 Å². The van der Waals surface area contributed by atoms with Gasteiger partial charge in [0.05, 0.1) is 12.6 Å². The normalized spacial score (nSPS) is 12.7. The van der Waals surface area contributed by atoms with Gasteiger partial charge in [0.15, 0.2) is 0 Å². The van der Waals surface area contributed by atoms with E-state index in [1.807, 2.05) is 19.1 Å². The molecule has 1 rings (SSSR count). The SMILES string of the molecule is CCCCNC(C)c1ccc(OCC)o1. The maximum Gasteiger partial charge on any atom is 0.284 e. The lowest BCUT2D eigenvalue weighted by atomic mass is 10.2. The van der Waals surface area contributed by atoms with Crippen LogP contribution in [-0.4, -0.2) is 13.2 Å². The monoisotopic (exact) mass is 211 g/mol. The Kier molecular flexibility index (Phi) is 5.26. The van der Waals surface area contributed by atoms with Gasteiger partial charge < -0.3 is 14.5 Å². The third kappa shape index (κ3) is 3.96. The molecule has 1 aromatic heterocycles. The highest BCUT2D eigenvalue weighted by molar-refractivity contribution is 5.14. The standard InChI is InChI=1S/C12H21NO2/c1-4-6-9-13-10(3)11-7-8-12(15-11)14-5-2/h7-8,10,13H,4-6,9H2,1-3H3. The molecule has 0 aromatic carbocycles. The second kappa shape index (κ2) is 6.51. The fourth-order valence-corrected chi connectivity index (χ4v) is 1.38. The lowest BCUT2D eigenvalue weighted by molar-refractivity contribution is 0.244. The van der Waals surface area contributed by atoms with E-state index in [2.05, 4.69) is 19.2 Å². The highest BCUT2D eigenvalue weighted by atomic mass is 16.6. The summed E-state index contributed by atoms with van der Waals surface area (Å²) in [5.74, 6) is 1.55. The van der Waals surface area contributed by atoms with Gasteiger partial charge in [0, 0.05) is 6.07 Å². The number of ether oxygens (including phenoxy) is 1. The van der Waals surface area contributed by atoms with Crippen LogP contribution in [0.2, 0.25) is 0 Å². The molecule has 3 heteroatoms.